The van der Waals surface area contributed by atoms with Gasteiger partial charge < -0.3 is 14.8 Å². The minimum atomic E-state index is 0.734. The van der Waals surface area contributed by atoms with Gasteiger partial charge in [-0.1, -0.05) is 12.1 Å². The third-order valence-corrected chi connectivity index (χ3v) is 2.52. The zero-order chi connectivity index (χ0) is 13.9. The van der Waals surface area contributed by atoms with E-state index in [0.717, 1.165) is 30.8 Å². The number of ether oxygens (including phenoxy) is 2. The van der Waals surface area contributed by atoms with Gasteiger partial charge in [-0.25, -0.2) is 0 Å². The van der Waals surface area contributed by atoms with Crippen molar-refractivity contribution in [2.75, 3.05) is 20.8 Å². The number of carbonyl (C=O) groups excluding carboxylic acids is 1. The number of carbonyl (C=O) groups is 1. The molecule has 1 aromatic carbocycles. The van der Waals surface area contributed by atoms with Crippen LogP contribution in [0.15, 0.2) is 42.6 Å². The Kier molecular flexibility index (Phi) is 6.87. The molecule has 0 saturated heterocycles. The van der Waals surface area contributed by atoms with Crippen LogP contribution in [0.25, 0.3) is 0 Å². The summed E-state index contributed by atoms with van der Waals surface area (Å²) in [4.78, 5) is 10.0. The Morgan fingerprint density at radius 2 is 1.89 bits per heavy atom. The first-order chi connectivity index (χ1) is 9.31. The van der Waals surface area contributed by atoms with Crippen molar-refractivity contribution in [2.45, 2.75) is 6.42 Å². The molecule has 0 bridgehead atoms. The van der Waals surface area contributed by atoms with E-state index in [0.29, 0.717) is 0 Å². The second kappa shape index (κ2) is 8.80. The molecule has 0 aliphatic carbocycles. The van der Waals surface area contributed by atoms with Crippen LogP contribution in [0.5, 0.6) is 11.5 Å². The summed E-state index contributed by atoms with van der Waals surface area (Å²) < 4.78 is 10.4. The fourth-order valence-corrected chi connectivity index (χ4v) is 1.57. The van der Waals surface area contributed by atoms with E-state index in [4.69, 9.17) is 9.47 Å². The smallest absolute Gasteiger partial charge is 0.160 e. The van der Waals surface area contributed by atoms with Crippen LogP contribution in [0.3, 0.4) is 0 Å². The van der Waals surface area contributed by atoms with Crippen molar-refractivity contribution in [3.8, 4) is 11.5 Å². The van der Waals surface area contributed by atoms with Crippen molar-refractivity contribution >= 4 is 6.29 Å². The van der Waals surface area contributed by atoms with Gasteiger partial charge in [-0.2, -0.15) is 0 Å². The lowest BCUT2D eigenvalue weighted by atomic mass is 10.1. The molecule has 0 spiro atoms. The molecule has 0 aromatic heterocycles. The van der Waals surface area contributed by atoms with Crippen LogP contribution < -0.4 is 14.8 Å². The summed E-state index contributed by atoms with van der Waals surface area (Å²) in [6, 6.07) is 5.88. The fourth-order valence-electron chi connectivity index (χ4n) is 1.57. The number of methoxy groups -OCH3 is 2. The summed E-state index contributed by atoms with van der Waals surface area (Å²) in [6.45, 7) is 0.806. The number of nitrogens with one attached hydrogen (secondary N) is 1. The minimum absolute atomic E-state index is 0.734. The maximum Gasteiger partial charge on any atom is 0.160 e. The standard InChI is InChI=1S/C15H19NO3/c1-18-14-7-6-13(12-15(14)19-2)8-10-16-9-4-3-5-11-17/h3-7,9,11-12,16H,8,10H2,1-2H3/b5-3+,9-4+. The molecule has 0 fully saturated rings. The minimum Gasteiger partial charge on any atom is -0.493 e. The highest BCUT2D eigenvalue weighted by Gasteiger charge is 2.03. The molecule has 0 aliphatic heterocycles. The van der Waals surface area contributed by atoms with Gasteiger partial charge in [-0.15, -0.1) is 0 Å². The first kappa shape index (κ1) is 14.8. The second-order valence-electron chi connectivity index (χ2n) is 3.77. The first-order valence-electron chi connectivity index (χ1n) is 6.03. The Bertz CT molecular complexity index is 453. The second-order valence-corrected chi connectivity index (χ2v) is 3.77. The molecular formula is C15H19NO3. The van der Waals surface area contributed by atoms with Crippen LogP contribution in [-0.2, 0) is 11.2 Å². The molecule has 102 valence electrons. The van der Waals surface area contributed by atoms with E-state index in [9.17, 15) is 4.79 Å². The van der Waals surface area contributed by atoms with Crippen LogP contribution in [0.4, 0.5) is 0 Å². The van der Waals surface area contributed by atoms with E-state index in [1.165, 1.54) is 11.6 Å². The van der Waals surface area contributed by atoms with Crippen molar-refractivity contribution in [1.82, 2.24) is 5.32 Å². The lowest BCUT2D eigenvalue weighted by molar-refractivity contribution is -0.104. The molecule has 0 unspecified atom stereocenters. The van der Waals surface area contributed by atoms with Gasteiger partial charge in [0.25, 0.3) is 0 Å². The average Bonchev–Trinajstić information content (AvgIpc) is 2.46. The molecule has 0 aliphatic rings. The summed E-state index contributed by atoms with van der Waals surface area (Å²) in [5, 5.41) is 3.14. The highest BCUT2D eigenvalue weighted by molar-refractivity contribution is 5.65. The quantitative estimate of drug-likeness (QED) is 0.337. The average molecular weight is 261 g/mol. The van der Waals surface area contributed by atoms with Crippen LogP contribution in [0.2, 0.25) is 0 Å². The number of hydrogen-bond donors (Lipinski definition) is 1. The molecule has 0 heterocycles. The Balaban J connectivity index is 2.43. The summed E-state index contributed by atoms with van der Waals surface area (Å²) in [6.07, 6.45) is 8.32. The molecule has 0 saturated carbocycles. The van der Waals surface area contributed by atoms with Crippen molar-refractivity contribution in [1.29, 1.82) is 0 Å². The summed E-state index contributed by atoms with van der Waals surface area (Å²) in [5.41, 5.74) is 1.17. The Labute approximate surface area is 113 Å². The molecule has 19 heavy (non-hydrogen) atoms. The van der Waals surface area contributed by atoms with Gasteiger partial charge in [0.15, 0.2) is 11.5 Å². The van der Waals surface area contributed by atoms with Gasteiger partial charge in [0, 0.05) is 6.54 Å². The summed E-state index contributed by atoms with van der Waals surface area (Å²) >= 11 is 0. The van der Waals surface area contributed by atoms with Crippen molar-refractivity contribution in [3.63, 3.8) is 0 Å². The van der Waals surface area contributed by atoms with Gasteiger partial charge in [0.2, 0.25) is 0 Å². The SMILES string of the molecule is COc1ccc(CCN/C=C/C=C/C=O)cc1OC. The molecular weight excluding hydrogens is 242 g/mol. The molecule has 4 heteroatoms. The maximum absolute atomic E-state index is 10.0. The maximum atomic E-state index is 10.0. The summed E-state index contributed by atoms with van der Waals surface area (Å²) in [7, 11) is 3.25. The molecule has 0 amide bonds. The number of aldehydes is 1. The van der Waals surface area contributed by atoms with E-state index < -0.39 is 0 Å². The normalized spacial score (nSPS) is 10.8. The predicted octanol–water partition coefficient (Wildman–Crippen LogP) is 2.10. The molecule has 1 N–H and O–H groups in total. The highest BCUT2D eigenvalue weighted by atomic mass is 16.5. The number of hydrogen-bond acceptors (Lipinski definition) is 4. The van der Waals surface area contributed by atoms with Crippen molar-refractivity contribution in [2.24, 2.45) is 0 Å². The van der Waals surface area contributed by atoms with E-state index in [1.54, 1.807) is 32.6 Å². The summed E-state index contributed by atoms with van der Waals surface area (Å²) in [5.74, 6) is 1.47. The molecule has 1 rings (SSSR count). The third-order valence-electron chi connectivity index (χ3n) is 2.52. The van der Waals surface area contributed by atoms with Gasteiger partial charge >= 0.3 is 0 Å². The lowest BCUT2D eigenvalue weighted by Crippen LogP contribution is -2.09. The largest absolute Gasteiger partial charge is 0.493 e. The lowest BCUT2D eigenvalue weighted by Gasteiger charge is -2.09. The molecule has 0 atom stereocenters. The van der Waals surface area contributed by atoms with E-state index in [1.807, 2.05) is 18.2 Å². The van der Waals surface area contributed by atoms with Gasteiger partial charge in [0.1, 0.15) is 6.29 Å². The molecule has 1 aromatic rings. The van der Waals surface area contributed by atoms with Crippen molar-refractivity contribution < 1.29 is 14.3 Å². The predicted molar refractivity (Wildman–Crippen MR) is 75.6 cm³/mol. The van der Waals surface area contributed by atoms with E-state index in [2.05, 4.69) is 5.32 Å². The monoisotopic (exact) mass is 261 g/mol. The zero-order valence-electron chi connectivity index (χ0n) is 11.3. The van der Waals surface area contributed by atoms with Gasteiger partial charge in [0.05, 0.1) is 14.2 Å². The van der Waals surface area contributed by atoms with Crippen LogP contribution in [0, 0.1) is 0 Å². The van der Waals surface area contributed by atoms with Gasteiger partial charge in [-0.05, 0) is 42.5 Å². The number of allylic oxidation sites excluding steroid dienone is 3. The van der Waals surface area contributed by atoms with Crippen LogP contribution in [-0.4, -0.2) is 27.1 Å². The van der Waals surface area contributed by atoms with Crippen LogP contribution in [0.1, 0.15) is 5.56 Å². The van der Waals surface area contributed by atoms with Crippen LogP contribution >= 0.6 is 0 Å². The van der Waals surface area contributed by atoms with Gasteiger partial charge in [-0.3, -0.25) is 4.79 Å². The third kappa shape index (κ3) is 5.29. The Morgan fingerprint density at radius 3 is 2.58 bits per heavy atom. The Hall–Kier alpha value is -2.23. The topological polar surface area (TPSA) is 47.6 Å². The first-order valence-corrected chi connectivity index (χ1v) is 6.03. The van der Waals surface area contributed by atoms with Crippen molar-refractivity contribution in [3.05, 3.63) is 48.2 Å². The fraction of sp³-hybridized carbons (Fsp3) is 0.267. The number of benzene rings is 1. The van der Waals surface area contributed by atoms with E-state index >= 15 is 0 Å². The Morgan fingerprint density at radius 1 is 1.11 bits per heavy atom. The van der Waals surface area contributed by atoms with E-state index in [-0.39, 0.29) is 0 Å². The number of rotatable bonds is 8. The zero-order valence-corrected chi connectivity index (χ0v) is 11.3. The molecule has 4 nitrogen and oxygen atoms in total. The molecule has 0 radical (unpaired) electrons. The highest BCUT2D eigenvalue weighted by Crippen LogP contribution is 2.27.